The van der Waals surface area contributed by atoms with Crippen LogP contribution < -0.4 is 10.5 Å². The Bertz CT molecular complexity index is 469. The predicted octanol–water partition coefficient (Wildman–Crippen LogP) is 2.52. The summed E-state index contributed by atoms with van der Waals surface area (Å²) in [6, 6.07) is 4.92. The summed E-state index contributed by atoms with van der Waals surface area (Å²) in [5.74, 6) is 0.202. The second kappa shape index (κ2) is 7.88. The van der Waals surface area contributed by atoms with Gasteiger partial charge in [-0.2, -0.15) is 0 Å². The summed E-state index contributed by atoms with van der Waals surface area (Å²) in [6.07, 6.45) is 5.95. The van der Waals surface area contributed by atoms with Gasteiger partial charge in [-0.25, -0.2) is 4.79 Å². The summed E-state index contributed by atoms with van der Waals surface area (Å²) in [5.41, 5.74) is 6.74. The zero-order valence-electron chi connectivity index (χ0n) is 12.2. The van der Waals surface area contributed by atoms with E-state index in [1.807, 2.05) is 0 Å². The van der Waals surface area contributed by atoms with E-state index in [1.165, 1.54) is 6.42 Å². The first-order valence-corrected chi connectivity index (χ1v) is 7.55. The molecule has 2 rings (SSSR count). The Morgan fingerprint density at radius 3 is 2.71 bits per heavy atom. The van der Waals surface area contributed by atoms with E-state index in [2.05, 4.69) is 0 Å². The molecule has 1 saturated carbocycles. The number of esters is 1. The Morgan fingerprint density at radius 1 is 1.29 bits per heavy atom. The standard InChI is InChI=1S/C16H23NO4/c17-14-11-12(7-8-15(14)20-10-4-9-18)16(19)21-13-5-2-1-3-6-13/h7-8,11,13,18H,1-6,9-10,17H2. The van der Waals surface area contributed by atoms with E-state index in [-0.39, 0.29) is 18.7 Å². The molecule has 0 aromatic heterocycles. The van der Waals surface area contributed by atoms with Crippen molar-refractivity contribution in [3.05, 3.63) is 23.8 Å². The Balaban J connectivity index is 1.93. The van der Waals surface area contributed by atoms with Crippen LogP contribution in [-0.2, 0) is 4.74 Å². The molecule has 0 amide bonds. The molecule has 1 aliphatic carbocycles. The minimum Gasteiger partial charge on any atom is -0.491 e. The number of benzene rings is 1. The Morgan fingerprint density at radius 2 is 2.05 bits per heavy atom. The lowest BCUT2D eigenvalue weighted by atomic mass is 9.98. The molecule has 1 aromatic carbocycles. The van der Waals surface area contributed by atoms with Gasteiger partial charge in [-0.15, -0.1) is 0 Å². The van der Waals surface area contributed by atoms with Gasteiger partial charge in [0.15, 0.2) is 0 Å². The fraction of sp³-hybridized carbons (Fsp3) is 0.562. The molecule has 0 atom stereocenters. The van der Waals surface area contributed by atoms with Crippen LogP contribution in [0, 0.1) is 0 Å². The lowest BCUT2D eigenvalue weighted by Crippen LogP contribution is -2.21. The van der Waals surface area contributed by atoms with Gasteiger partial charge in [-0.3, -0.25) is 0 Å². The van der Waals surface area contributed by atoms with E-state index >= 15 is 0 Å². The van der Waals surface area contributed by atoms with Crippen molar-refractivity contribution in [3.63, 3.8) is 0 Å². The zero-order valence-corrected chi connectivity index (χ0v) is 12.2. The fourth-order valence-corrected chi connectivity index (χ4v) is 2.46. The average molecular weight is 293 g/mol. The number of nitrogens with two attached hydrogens (primary N) is 1. The van der Waals surface area contributed by atoms with Crippen molar-refractivity contribution >= 4 is 11.7 Å². The molecule has 1 aromatic rings. The summed E-state index contributed by atoms with van der Waals surface area (Å²) < 4.78 is 10.9. The van der Waals surface area contributed by atoms with Gasteiger partial charge in [0, 0.05) is 13.0 Å². The van der Waals surface area contributed by atoms with Crippen molar-refractivity contribution < 1.29 is 19.4 Å². The Hall–Kier alpha value is -1.75. The molecule has 1 aliphatic rings. The number of carbonyl (C=O) groups excluding carboxylic acids is 1. The number of rotatable bonds is 6. The van der Waals surface area contributed by atoms with Crippen LogP contribution in [0.2, 0.25) is 0 Å². The molecule has 21 heavy (non-hydrogen) atoms. The number of carbonyl (C=O) groups is 1. The second-order valence-electron chi connectivity index (χ2n) is 5.34. The predicted molar refractivity (Wildman–Crippen MR) is 80.3 cm³/mol. The van der Waals surface area contributed by atoms with E-state index in [0.29, 0.717) is 30.0 Å². The lowest BCUT2D eigenvalue weighted by molar-refractivity contribution is 0.0211. The van der Waals surface area contributed by atoms with Crippen molar-refractivity contribution in [2.75, 3.05) is 18.9 Å². The number of aliphatic hydroxyl groups excluding tert-OH is 1. The first-order chi connectivity index (χ1) is 10.2. The van der Waals surface area contributed by atoms with Gasteiger partial charge in [-0.05, 0) is 43.9 Å². The molecule has 3 N–H and O–H groups in total. The maximum atomic E-state index is 12.1. The fourth-order valence-electron chi connectivity index (χ4n) is 2.46. The third kappa shape index (κ3) is 4.63. The smallest absolute Gasteiger partial charge is 0.338 e. The summed E-state index contributed by atoms with van der Waals surface area (Å²) in [6.45, 7) is 0.471. The number of hydrogen-bond acceptors (Lipinski definition) is 5. The average Bonchev–Trinajstić information content (AvgIpc) is 2.50. The van der Waals surface area contributed by atoms with Gasteiger partial charge >= 0.3 is 5.97 Å². The van der Waals surface area contributed by atoms with Gasteiger partial charge < -0.3 is 20.3 Å². The van der Waals surface area contributed by atoms with Crippen LogP contribution in [-0.4, -0.2) is 30.4 Å². The highest BCUT2D eigenvalue weighted by atomic mass is 16.5. The van der Waals surface area contributed by atoms with Crippen LogP contribution in [0.5, 0.6) is 5.75 Å². The highest BCUT2D eigenvalue weighted by molar-refractivity contribution is 5.91. The van der Waals surface area contributed by atoms with Crippen LogP contribution >= 0.6 is 0 Å². The number of ether oxygens (including phenoxy) is 2. The molecule has 0 spiro atoms. The lowest BCUT2D eigenvalue weighted by Gasteiger charge is -2.22. The Kier molecular flexibility index (Phi) is 5.87. The molecule has 0 radical (unpaired) electrons. The third-order valence-corrected chi connectivity index (χ3v) is 3.63. The molecule has 0 unspecified atom stereocenters. The topological polar surface area (TPSA) is 81.8 Å². The van der Waals surface area contributed by atoms with E-state index in [1.54, 1.807) is 18.2 Å². The summed E-state index contributed by atoms with van der Waals surface area (Å²) in [7, 11) is 0. The maximum absolute atomic E-state index is 12.1. The van der Waals surface area contributed by atoms with Crippen LogP contribution in [0.3, 0.4) is 0 Å². The SMILES string of the molecule is Nc1cc(C(=O)OC2CCCCC2)ccc1OCCCO. The quantitative estimate of drug-likeness (QED) is 0.478. The van der Waals surface area contributed by atoms with E-state index < -0.39 is 0 Å². The Labute approximate surface area is 125 Å². The van der Waals surface area contributed by atoms with E-state index in [4.69, 9.17) is 20.3 Å². The van der Waals surface area contributed by atoms with Crippen molar-refractivity contribution in [2.24, 2.45) is 0 Å². The second-order valence-corrected chi connectivity index (χ2v) is 5.34. The monoisotopic (exact) mass is 293 g/mol. The van der Waals surface area contributed by atoms with Gasteiger partial charge in [0.25, 0.3) is 0 Å². The van der Waals surface area contributed by atoms with Crippen LogP contribution in [0.25, 0.3) is 0 Å². The normalized spacial score (nSPS) is 15.7. The van der Waals surface area contributed by atoms with Crippen LogP contribution in [0.1, 0.15) is 48.9 Å². The van der Waals surface area contributed by atoms with Gasteiger partial charge in [0.2, 0.25) is 0 Å². The minimum absolute atomic E-state index is 0.0351. The molecule has 0 aliphatic heterocycles. The number of hydrogen-bond donors (Lipinski definition) is 2. The first-order valence-electron chi connectivity index (χ1n) is 7.55. The number of aliphatic hydroxyl groups is 1. The van der Waals surface area contributed by atoms with Crippen molar-refractivity contribution in [1.29, 1.82) is 0 Å². The summed E-state index contributed by atoms with van der Waals surface area (Å²) >= 11 is 0. The van der Waals surface area contributed by atoms with E-state index in [0.717, 1.165) is 25.7 Å². The van der Waals surface area contributed by atoms with Crippen LogP contribution in [0.4, 0.5) is 5.69 Å². The third-order valence-electron chi connectivity index (χ3n) is 3.63. The molecule has 5 heteroatoms. The van der Waals surface area contributed by atoms with Crippen molar-refractivity contribution in [1.82, 2.24) is 0 Å². The first kappa shape index (κ1) is 15.6. The van der Waals surface area contributed by atoms with Gasteiger partial charge in [0.05, 0.1) is 17.9 Å². The molecule has 0 heterocycles. The van der Waals surface area contributed by atoms with Crippen molar-refractivity contribution in [3.8, 4) is 5.75 Å². The molecule has 5 nitrogen and oxygen atoms in total. The zero-order chi connectivity index (χ0) is 15.1. The maximum Gasteiger partial charge on any atom is 0.338 e. The number of anilines is 1. The van der Waals surface area contributed by atoms with Crippen molar-refractivity contribution in [2.45, 2.75) is 44.6 Å². The molecular formula is C16H23NO4. The van der Waals surface area contributed by atoms with Gasteiger partial charge in [-0.1, -0.05) is 6.42 Å². The molecule has 1 fully saturated rings. The molecular weight excluding hydrogens is 270 g/mol. The van der Waals surface area contributed by atoms with E-state index in [9.17, 15) is 4.79 Å². The molecule has 116 valence electrons. The molecule has 0 bridgehead atoms. The number of nitrogen functional groups attached to an aromatic ring is 1. The largest absolute Gasteiger partial charge is 0.491 e. The van der Waals surface area contributed by atoms with Gasteiger partial charge in [0.1, 0.15) is 11.9 Å². The highest BCUT2D eigenvalue weighted by Gasteiger charge is 2.19. The highest BCUT2D eigenvalue weighted by Crippen LogP contribution is 2.25. The minimum atomic E-state index is -0.324. The summed E-state index contributed by atoms with van der Waals surface area (Å²) in [4.78, 5) is 12.1. The summed E-state index contributed by atoms with van der Waals surface area (Å²) in [5, 5.41) is 8.71. The molecule has 0 saturated heterocycles. The van der Waals surface area contributed by atoms with Crippen LogP contribution in [0.15, 0.2) is 18.2 Å².